The van der Waals surface area contributed by atoms with Crippen molar-refractivity contribution in [3.8, 4) is 0 Å². The number of aromatic nitrogens is 1. The van der Waals surface area contributed by atoms with Crippen LogP contribution in [0.5, 0.6) is 0 Å². The van der Waals surface area contributed by atoms with Gasteiger partial charge in [-0.2, -0.15) is 0 Å². The molecule has 4 nitrogen and oxygen atoms in total. The van der Waals surface area contributed by atoms with Gasteiger partial charge in [-0.3, -0.25) is 5.32 Å². The van der Waals surface area contributed by atoms with Gasteiger partial charge < -0.3 is 4.74 Å². The molecule has 1 heterocycles. The molecule has 18 heavy (non-hydrogen) atoms. The second-order valence-corrected chi connectivity index (χ2v) is 5.90. The van der Waals surface area contributed by atoms with Crippen molar-refractivity contribution in [1.82, 2.24) is 4.98 Å². The van der Waals surface area contributed by atoms with Crippen LogP contribution in [0.15, 0.2) is 10.5 Å². The van der Waals surface area contributed by atoms with E-state index in [2.05, 4.69) is 26.2 Å². The summed E-state index contributed by atoms with van der Waals surface area (Å²) in [5, 5.41) is 2.69. The summed E-state index contributed by atoms with van der Waals surface area (Å²) in [4.78, 5) is 16.1. The maximum Gasteiger partial charge on any atom is 0.413 e. The van der Waals surface area contributed by atoms with E-state index >= 15 is 0 Å². The highest BCUT2D eigenvalue weighted by Crippen LogP contribution is 2.22. The number of hydrogen-bond donors (Lipinski definition) is 1. The molecule has 0 unspecified atom stereocenters. The number of pyridine rings is 1. The summed E-state index contributed by atoms with van der Waals surface area (Å²) in [6.07, 6.45) is 0.309. The highest BCUT2D eigenvalue weighted by atomic mass is 79.9. The van der Waals surface area contributed by atoms with Crippen molar-refractivity contribution in [3.05, 3.63) is 21.8 Å². The molecule has 0 aliphatic heterocycles. The van der Waals surface area contributed by atoms with Gasteiger partial charge in [0, 0.05) is 4.47 Å². The molecule has 0 aliphatic rings. The maximum atomic E-state index is 11.7. The highest BCUT2D eigenvalue weighted by Gasteiger charge is 2.18. The number of nitrogens with one attached hydrogen (secondary N) is 1. The van der Waals surface area contributed by atoms with Gasteiger partial charge >= 0.3 is 6.09 Å². The lowest BCUT2D eigenvalue weighted by Gasteiger charge is -2.20. The molecule has 0 saturated carbocycles. The highest BCUT2D eigenvalue weighted by molar-refractivity contribution is 9.10. The lowest BCUT2D eigenvalue weighted by molar-refractivity contribution is 0.0635. The van der Waals surface area contributed by atoms with Crippen LogP contribution in [-0.4, -0.2) is 16.7 Å². The summed E-state index contributed by atoms with van der Waals surface area (Å²) >= 11 is 3.43. The number of anilines is 1. The third-order valence-corrected chi connectivity index (χ3v) is 3.03. The van der Waals surface area contributed by atoms with Crippen molar-refractivity contribution in [3.63, 3.8) is 0 Å². The minimum absolute atomic E-state index is 0.480. The number of amides is 1. The van der Waals surface area contributed by atoms with Gasteiger partial charge in [-0.1, -0.05) is 6.92 Å². The number of halogens is 1. The Bertz CT molecular complexity index is 453. The Hall–Kier alpha value is -1.10. The smallest absolute Gasteiger partial charge is 0.413 e. The van der Waals surface area contributed by atoms with Crippen LogP contribution in [0.4, 0.5) is 10.6 Å². The Labute approximate surface area is 116 Å². The fourth-order valence-electron chi connectivity index (χ4n) is 1.40. The zero-order chi connectivity index (χ0) is 13.9. The number of rotatable bonds is 2. The average Bonchev–Trinajstić information content (AvgIpc) is 2.20. The van der Waals surface area contributed by atoms with Gasteiger partial charge in [0.25, 0.3) is 0 Å². The van der Waals surface area contributed by atoms with E-state index in [-0.39, 0.29) is 0 Å². The number of ether oxygens (including phenoxy) is 1. The fraction of sp³-hybridized carbons (Fsp3) is 0.538. The molecule has 1 amide bonds. The summed E-state index contributed by atoms with van der Waals surface area (Å²) in [6.45, 7) is 9.37. The van der Waals surface area contributed by atoms with Crippen molar-refractivity contribution in [2.24, 2.45) is 0 Å². The number of carbonyl (C=O) groups excluding carboxylic acids is 1. The maximum absolute atomic E-state index is 11.7. The van der Waals surface area contributed by atoms with Crippen molar-refractivity contribution in [1.29, 1.82) is 0 Å². The van der Waals surface area contributed by atoms with Crippen LogP contribution in [0.25, 0.3) is 0 Å². The van der Waals surface area contributed by atoms with Crippen molar-refractivity contribution < 1.29 is 9.53 Å². The first kappa shape index (κ1) is 15.0. The van der Waals surface area contributed by atoms with Crippen LogP contribution in [0.2, 0.25) is 0 Å². The third kappa shape index (κ3) is 4.29. The zero-order valence-electron chi connectivity index (χ0n) is 11.4. The van der Waals surface area contributed by atoms with E-state index in [1.54, 1.807) is 0 Å². The molecule has 0 radical (unpaired) electrons. The molecule has 0 aromatic carbocycles. The standard InChI is InChI=1S/C13H19BrN2O2/c1-6-9-7-10(14)8(2)15-11(9)16-12(17)18-13(3,4)5/h7H,6H2,1-5H3,(H,15,16,17). The van der Waals surface area contributed by atoms with Crippen LogP contribution < -0.4 is 5.32 Å². The molecule has 1 aromatic rings. The molecule has 0 bridgehead atoms. The van der Waals surface area contributed by atoms with E-state index in [9.17, 15) is 4.79 Å². The SMILES string of the molecule is CCc1cc(Br)c(C)nc1NC(=O)OC(C)(C)C. The Kier molecular flexibility index (Phi) is 4.73. The second-order valence-electron chi connectivity index (χ2n) is 5.04. The Morgan fingerprint density at radius 1 is 1.50 bits per heavy atom. The summed E-state index contributed by atoms with van der Waals surface area (Å²) in [5.41, 5.74) is 1.29. The van der Waals surface area contributed by atoms with E-state index in [1.807, 2.05) is 40.7 Å². The van der Waals surface area contributed by atoms with E-state index in [0.29, 0.717) is 5.82 Å². The predicted octanol–water partition coefficient (Wildman–Crippen LogP) is 4.06. The monoisotopic (exact) mass is 314 g/mol. The Balaban J connectivity index is 2.90. The molecule has 0 spiro atoms. The van der Waals surface area contributed by atoms with Gasteiger partial charge in [-0.25, -0.2) is 9.78 Å². The van der Waals surface area contributed by atoms with Crippen LogP contribution in [0, 0.1) is 6.92 Å². The number of carbonyl (C=O) groups is 1. The van der Waals surface area contributed by atoms with Gasteiger partial charge in [0.2, 0.25) is 0 Å². The first-order valence-electron chi connectivity index (χ1n) is 5.89. The minimum Gasteiger partial charge on any atom is -0.444 e. The summed E-state index contributed by atoms with van der Waals surface area (Å²) in [5.74, 6) is 0.562. The molecule has 0 aliphatic carbocycles. The number of aryl methyl sites for hydroxylation is 2. The van der Waals surface area contributed by atoms with Crippen molar-refractivity contribution in [2.45, 2.75) is 46.6 Å². The first-order valence-corrected chi connectivity index (χ1v) is 6.68. The summed E-state index contributed by atoms with van der Waals surface area (Å²) < 4.78 is 6.15. The Morgan fingerprint density at radius 2 is 2.11 bits per heavy atom. The molecule has 1 rings (SSSR count). The van der Waals surface area contributed by atoms with Crippen molar-refractivity contribution in [2.75, 3.05) is 5.32 Å². The molecule has 0 fully saturated rings. The Morgan fingerprint density at radius 3 is 2.61 bits per heavy atom. The third-order valence-electron chi connectivity index (χ3n) is 2.23. The molecule has 100 valence electrons. The van der Waals surface area contributed by atoms with Gasteiger partial charge in [-0.05, 0) is 61.7 Å². The molecule has 5 heteroatoms. The number of nitrogens with zero attached hydrogens (tertiary/aromatic N) is 1. The van der Waals surface area contributed by atoms with E-state index in [0.717, 1.165) is 22.2 Å². The molecule has 1 aromatic heterocycles. The molecular formula is C13H19BrN2O2. The summed E-state index contributed by atoms with van der Waals surface area (Å²) in [6, 6.07) is 1.97. The quantitative estimate of drug-likeness (QED) is 0.895. The predicted molar refractivity (Wildman–Crippen MR) is 75.9 cm³/mol. The zero-order valence-corrected chi connectivity index (χ0v) is 13.0. The van der Waals surface area contributed by atoms with Gasteiger partial charge in [0.1, 0.15) is 11.4 Å². The van der Waals surface area contributed by atoms with Crippen LogP contribution in [0.3, 0.4) is 0 Å². The first-order chi connectivity index (χ1) is 8.23. The van der Waals surface area contributed by atoms with Gasteiger partial charge in [-0.15, -0.1) is 0 Å². The van der Waals surface area contributed by atoms with Crippen LogP contribution >= 0.6 is 15.9 Å². The topological polar surface area (TPSA) is 51.2 Å². The molecule has 1 N–H and O–H groups in total. The average molecular weight is 315 g/mol. The number of hydrogen-bond acceptors (Lipinski definition) is 3. The van der Waals surface area contributed by atoms with Crippen molar-refractivity contribution >= 4 is 27.8 Å². The van der Waals surface area contributed by atoms with Gasteiger partial charge in [0.15, 0.2) is 0 Å². The minimum atomic E-state index is -0.513. The molecule has 0 saturated heterocycles. The fourth-order valence-corrected chi connectivity index (χ4v) is 1.76. The largest absolute Gasteiger partial charge is 0.444 e. The lowest BCUT2D eigenvalue weighted by atomic mass is 10.2. The van der Waals surface area contributed by atoms with E-state index < -0.39 is 11.7 Å². The van der Waals surface area contributed by atoms with Gasteiger partial charge in [0.05, 0.1) is 5.69 Å². The van der Waals surface area contributed by atoms with E-state index in [4.69, 9.17) is 4.74 Å². The van der Waals surface area contributed by atoms with E-state index in [1.165, 1.54) is 0 Å². The lowest BCUT2D eigenvalue weighted by Crippen LogP contribution is -2.28. The van der Waals surface area contributed by atoms with Crippen LogP contribution in [-0.2, 0) is 11.2 Å². The molecular weight excluding hydrogens is 296 g/mol. The second kappa shape index (κ2) is 5.69. The molecule has 0 atom stereocenters. The van der Waals surface area contributed by atoms with Crippen LogP contribution in [0.1, 0.15) is 39.0 Å². The normalized spacial score (nSPS) is 11.2. The summed E-state index contributed by atoms with van der Waals surface area (Å²) in [7, 11) is 0.